The van der Waals surface area contributed by atoms with Gasteiger partial charge >= 0.3 is 12.1 Å². The van der Waals surface area contributed by atoms with E-state index in [4.69, 9.17) is 9.47 Å². The van der Waals surface area contributed by atoms with Gasteiger partial charge in [0.1, 0.15) is 11.5 Å². The van der Waals surface area contributed by atoms with Crippen molar-refractivity contribution in [1.82, 2.24) is 0 Å². The molecule has 0 heterocycles. The fourth-order valence-electron chi connectivity index (χ4n) is 6.42. The molecule has 0 atom stereocenters. The highest BCUT2D eigenvalue weighted by molar-refractivity contribution is 5.74. The molecule has 0 radical (unpaired) electrons. The molecule has 0 saturated heterocycles. The van der Waals surface area contributed by atoms with Crippen LogP contribution < -0.4 is 9.47 Å². The van der Waals surface area contributed by atoms with Gasteiger partial charge in [0.05, 0.1) is 7.11 Å². The number of carboxylic acid groups (broad SMARTS) is 1. The quantitative estimate of drug-likeness (QED) is 0.446. The first-order valence-corrected chi connectivity index (χ1v) is 13.0. The van der Waals surface area contributed by atoms with Crippen molar-refractivity contribution in [2.45, 2.75) is 120 Å². The predicted octanol–water partition coefficient (Wildman–Crippen LogP) is 7.89. The Labute approximate surface area is 196 Å². The maximum absolute atomic E-state index is 14.6. The number of aliphatic carboxylic acids is 1. The molecule has 4 nitrogen and oxygen atoms in total. The molecule has 3 aliphatic rings. The van der Waals surface area contributed by atoms with Gasteiger partial charge in [-0.25, -0.2) is 4.79 Å². The van der Waals surface area contributed by atoms with E-state index in [-0.39, 0.29) is 17.6 Å². The first-order valence-electron chi connectivity index (χ1n) is 13.0. The molecule has 0 amide bonds. The Balaban J connectivity index is 1.92. The molecule has 3 saturated carbocycles. The van der Waals surface area contributed by atoms with E-state index in [1.54, 1.807) is 7.11 Å². The summed E-state index contributed by atoms with van der Waals surface area (Å²) < 4.78 is 40.3. The van der Waals surface area contributed by atoms with Gasteiger partial charge in [-0.1, -0.05) is 57.8 Å². The van der Waals surface area contributed by atoms with Gasteiger partial charge in [-0.3, -0.25) is 0 Å². The zero-order valence-corrected chi connectivity index (χ0v) is 19.8. The van der Waals surface area contributed by atoms with Crippen LogP contribution in [0.5, 0.6) is 11.5 Å². The summed E-state index contributed by atoms with van der Waals surface area (Å²) >= 11 is 0. The Morgan fingerprint density at radius 3 is 1.64 bits per heavy atom. The lowest BCUT2D eigenvalue weighted by Crippen LogP contribution is -2.36. The van der Waals surface area contributed by atoms with Crippen molar-refractivity contribution in [3.8, 4) is 11.5 Å². The number of halogens is 2. The van der Waals surface area contributed by atoms with Crippen LogP contribution >= 0.6 is 0 Å². The summed E-state index contributed by atoms with van der Waals surface area (Å²) in [5.74, 6) is -0.954. The van der Waals surface area contributed by atoms with E-state index in [9.17, 15) is 18.7 Å². The van der Waals surface area contributed by atoms with Gasteiger partial charge < -0.3 is 14.6 Å². The summed E-state index contributed by atoms with van der Waals surface area (Å²) in [7, 11) is 1.62. The minimum Gasteiger partial charge on any atom is -0.496 e. The monoisotopic (exact) mass is 464 g/mol. The Kier molecular flexibility index (Phi) is 7.80. The first kappa shape index (κ1) is 24.3. The number of hydrogen-bond donors (Lipinski definition) is 1. The number of rotatable bonds is 7. The van der Waals surface area contributed by atoms with Gasteiger partial charge in [0.25, 0.3) is 0 Å². The molecule has 3 aliphatic carbocycles. The minimum atomic E-state index is -4.27. The number of benzene rings is 1. The molecule has 4 rings (SSSR count). The van der Waals surface area contributed by atoms with E-state index in [2.05, 4.69) is 6.07 Å². The van der Waals surface area contributed by atoms with E-state index in [0.29, 0.717) is 17.2 Å². The molecule has 1 N–H and O–H groups in total. The topological polar surface area (TPSA) is 55.8 Å². The second-order valence-electron chi connectivity index (χ2n) is 10.3. The first-order chi connectivity index (χ1) is 15.9. The SMILES string of the molecule is COc1c(C2CCCCC2)cc(C2CCCCC2)c(OC(F)(F)C(=O)O)c1C1CCCCC1. The van der Waals surface area contributed by atoms with Crippen LogP contribution in [0.2, 0.25) is 0 Å². The second kappa shape index (κ2) is 10.6. The molecular weight excluding hydrogens is 426 g/mol. The standard InChI is InChI=1S/C27H38F2O4/c1-32-24-21(18-11-5-2-6-12-18)17-22(19-13-7-3-8-14-19)25(33-27(28,29)26(30)31)23(24)20-15-9-4-10-16-20/h17-20H,2-16H2,1H3,(H,30,31). The Bertz CT molecular complexity index is 820. The van der Waals surface area contributed by atoms with Crippen molar-refractivity contribution in [3.63, 3.8) is 0 Å². The van der Waals surface area contributed by atoms with Crippen molar-refractivity contribution in [1.29, 1.82) is 0 Å². The maximum Gasteiger partial charge on any atom is 0.501 e. The third-order valence-corrected chi connectivity index (χ3v) is 8.11. The lowest BCUT2D eigenvalue weighted by atomic mass is 9.74. The van der Waals surface area contributed by atoms with Gasteiger partial charge in [0.2, 0.25) is 0 Å². The molecule has 33 heavy (non-hydrogen) atoms. The number of methoxy groups -OCH3 is 1. The number of hydrogen-bond acceptors (Lipinski definition) is 3. The fraction of sp³-hybridized carbons (Fsp3) is 0.741. The van der Waals surface area contributed by atoms with Crippen LogP contribution in [-0.4, -0.2) is 24.3 Å². The third kappa shape index (κ3) is 5.30. The van der Waals surface area contributed by atoms with Crippen molar-refractivity contribution in [3.05, 3.63) is 22.8 Å². The largest absolute Gasteiger partial charge is 0.501 e. The summed E-state index contributed by atoms with van der Waals surface area (Å²) in [6.45, 7) is 0. The van der Waals surface area contributed by atoms with Crippen LogP contribution in [0.25, 0.3) is 0 Å². The van der Waals surface area contributed by atoms with Crippen LogP contribution in [0, 0.1) is 0 Å². The van der Waals surface area contributed by atoms with Gasteiger partial charge in [-0.2, -0.15) is 8.78 Å². The molecule has 3 fully saturated rings. The molecule has 1 aromatic carbocycles. The van der Waals surface area contributed by atoms with E-state index in [1.807, 2.05) is 0 Å². The molecule has 184 valence electrons. The van der Waals surface area contributed by atoms with Crippen LogP contribution in [0.15, 0.2) is 6.07 Å². The molecule has 0 bridgehead atoms. The molecule has 6 heteroatoms. The highest BCUT2D eigenvalue weighted by Gasteiger charge is 2.45. The Morgan fingerprint density at radius 1 is 0.788 bits per heavy atom. The van der Waals surface area contributed by atoms with E-state index < -0.39 is 12.1 Å². The number of carbonyl (C=O) groups is 1. The van der Waals surface area contributed by atoms with Crippen molar-refractivity contribution in [2.75, 3.05) is 7.11 Å². The number of carboxylic acids is 1. The third-order valence-electron chi connectivity index (χ3n) is 8.11. The van der Waals surface area contributed by atoms with E-state index >= 15 is 0 Å². The zero-order chi connectivity index (χ0) is 23.4. The van der Waals surface area contributed by atoms with Crippen LogP contribution in [-0.2, 0) is 4.79 Å². The molecule has 0 aromatic heterocycles. The normalized spacial score (nSPS) is 21.7. The van der Waals surface area contributed by atoms with Crippen molar-refractivity contribution >= 4 is 5.97 Å². The van der Waals surface area contributed by atoms with Crippen LogP contribution in [0.4, 0.5) is 8.78 Å². The van der Waals surface area contributed by atoms with Gasteiger partial charge in [0, 0.05) is 5.56 Å². The second-order valence-corrected chi connectivity index (χ2v) is 10.3. The summed E-state index contributed by atoms with van der Waals surface area (Å²) in [5.41, 5.74) is 2.63. The Hall–Kier alpha value is -1.85. The fourth-order valence-corrected chi connectivity index (χ4v) is 6.42. The smallest absolute Gasteiger partial charge is 0.496 e. The van der Waals surface area contributed by atoms with E-state index in [0.717, 1.165) is 88.2 Å². The van der Waals surface area contributed by atoms with Gasteiger partial charge in [-0.15, -0.1) is 0 Å². The minimum absolute atomic E-state index is 0.0548. The molecule has 0 unspecified atom stereocenters. The summed E-state index contributed by atoms with van der Waals surface area (Å²) in [5, 5.41) is 9.18. The predicted molar refractivity (Wildman–Crippen MR) is 124 cm³/mol. The van der Waals surface area contributed by atoms with Crippen molar-refractivity contribution < 1.29 is 28.2 Å². The van der Waals surface area contributed by atoms with Crippen LogP contribution in [0.3, 0.4) is 0 Å². The molecule has 0 aliphatic heterocycles. The summed E-state index contributed by atoms with van der Waals surface area (Å²) in [6, 6.07) is 2.06. The van der Waals surface area contributed by atoms with Crippen molar-refractivity contribution in [2.24, 2.45) is 0 Å². The molecular formula is C27H38F2O4. The van der Waals surface area contributed by atoms with Crippen LogP contribution in [0.1, 0.15) is 131 Å². The average Bonchev–Trinajstić information content (AvgIpc) is 2.85. The highest BCUT2D eigenvalue weighted by atomic mass is 19.3. The molecule has 0 spiro atoms. The lowest BCUT2D eigenvalue weighted by molar-refractivity contribution is -0.211. The van der Waals surface area contributed by atoms with E-state index in [1.165, 1.54) is 19.3 Å². The number of alkyl halides is 2. The lowest BCUT2D eigenvalue weighted by Gasteiger charge is -2.34. The average molecular weight is 465 g/mol. The van der Waals surface area contributed by atoms with Gasteiger partial charge in [0.15, 0.2) is 0 Å². The maximum atomic E-state index is 14.6. The Morgan fingerprint density at radius 2 is 1.21 bits per heavy atom. The highest BCUT2D eigenvalue weighted by Crippen LogP contribution is 2.53. The summed E-state index contributed by atoms with van der Waals surface area (Å²) in [6.07, 6.45) is 11.6. The van der Waals surface area contributed by atoms with Gasteiger partial charge in [-0.05, 0) is 73.5 Å². The summed E-state index contributed by atoms with van der Waals surface area (Å²) in [4.78, 5) is 11.4. The zero-order valence-electron chi connectivity index (χ0n) is 19.8. The molecule has 1 aromatic rings. The number of ether oxygens (including phenoxy) is 2.